The molecular weight excluding hydrogens is 686 g/mol. The highest BCUT2D eigenvalue weighted by Gasteiger charge is 2.41. The van der Waals surface area contributed by atoms with Crippen LogP contribution in [0.3, 0.4) is 0 Å². The number of hydrogen-bond acceptors (Lipinski definition) is 9. The van der Waals surface area contributed by atoms with Gasteiger partial charge in [-0.3, -0.25) is 9.80 Å². The van der Waals surface area contributed by atoms with E-state index in [-0.39, 0.29) is 22.2 Å². The van der Waals surface area contributed by atoms with Crippen molar-refractivity contribution in [2.75, 3.05) is 44.6 Å². The summed E-state index contributed by atoms with van der Waals surface area (Å²) in [5.41, 5.74) is 4.04. The smallest absolute Gasteiger partial charge is 0.367 e. The Balaban J connectivity index is 0.978. The van der Waals surface area contributed by atoms with Crippen molar-refractivity contribution in [3.8, 4) is 6.07 Å². The molecular formula is C35H43F3N8O2S2. The fourth-order valence-corrected chi connectivity index (χ4v) is 10.4. The van der Waals surface area contributed by atoms with E-state index in [9.17, 15) is 26.9 Å². The van der Waals surface area contributed by atoms with Crippen LogP contribution in [0.1, 0.15) is 60.1 Å². The van der Waals surface area contributed by atoms with Crippen molar-refractivity contribution in [3.05, 3.63) is 51.8 Å². The van der Waals surface area contributed by atoms with Gasteiger partial charge in [-0.1, -0.05) is 6.07 Å². The fraction of sp³-hybridized carbons (Fsp3) is 0.571. The summed E-state index contributed by atoms with van der Waals surface area (Å²) in [5, 5.41) is 15.1. The van der Waals surface area contributed by atoms with Gasteiger partial charge in [0, 0.05) is 80.2 Å². The molecule has 1 N–H and O–H groups in total. The zero-order valence-electron chi connectivity index (χ0n) is 28.6. The van der Waals surface area contributed by atoms with E-state index in [0.29, 0.717) is 60.3 Å². The first-order chi connectivity index (χ1) is 23.8. The number of fused-ring (bicyclic) bond motifs is 2. The number of nitriles is 1. The van der Waals surface area contributed by atoms with Gasteiger partial charge in [0.1, 0.15) is 28.2 Å². The van der Waals surface area contributed by atoms with Crippen LogP contribution in [0.25, 0.3) is 21.1 Å². The lowest BCUT2D eigenvalue weighted by Gasteiger charge is -2.37. The Bertz CT molecular complexity index is 2030. The second-order valence-electron chi connectivity index (χ2n) is 14.1. The van der Waals surface area contributed by atoms with Crippen LogP contribution in [0.2, 0.25) is 0 Å². The second kappa shape index (κ2) is 13.7. The molecule has 7 rings (SSSR count). The average Bonchev–Trinajstić information content (AvgIpc) is 3.78. The highest BCUT2D eigenvalue weighted by Crippen LogP contribution is 2.35. The van der Waals surface area contributed by atoms with Gasteiger partial charge < -0.3 is 9.88 Å². The molecule has 1 saturated carbocycles. The number of likely N-dealkylation sites (tertiary alicyclic amines) is 1. The van der Waals surface area contributed by atoms with Crippen LogP contribution in [0.15, 0.2) is 24.3 Å². The van der Waals surface area contributed by atoms with Crippen molar-refractivity contribution in [1.29, 1.82) is 5.26 Å². The molecule has 3 fully saturated rings. The molecule has 1 aromatic carbocycles. The predicted molar refractivity (Wildman–Crippen MR) is 190 cm³/mol. The van der Waals surface area contributed by atoms with E-state index >= 15 is 0 Å². The van der Waals surface area contributed by atoms with E-state index in [1.165, 1.54) is 5.56 Å². The number of nitrogens with one attached hydrogen (secondary N) is 1. The van der Waals surface area contributed by atoms with Crippen molar-refractivity contribution in [3.63, 3.8) is 0 Å². The van der Waals surface area contributed by atoms with Crippen LogP contribution in [0.4, 0.5) is 19.0 Å². The minimum atomic E-state index is -4.27. The number of benzene rings is 1. The van der Waals surface area contributed by atoms with Crippen LogP contribution in [-0.2, 0) is 29.5 Å². The summed E-state index contributed by atoms with van der Waals surface area (Å²) >= 11 is 1.07. The lowest BCUT2D eigenvalue weighted by molar-refractivity contribution is -0.126. The third-order valence-electron chi connectivity index (χ3n) is 10.5. The minimum Gasteiger partial charge on any atom is -0.367 e. The Labute approximate surface area is 294 Å². The summed E-state index contributed by atoms with van der Waals surface area (Å²) in [7, 11) is -3.16. The summed E-state index contributed by atoms with van der Waals surface area (Å²) in [6.07, 6.45) is -1.93. The summed E-state index contributed by atoms with van der Waals surface area (Å²) in [4.78, 5) is 14.5. The molecule has 4 aromatic rings. The molecule has 10 nitrogen and oxygen atoms in total. The molecule has 0 radical (unpaired) electrons. The van der Waals surface area contributed by atoms with Gasteiger partial charge in [-0.25, -0.2) is 18.4 Å². The van der Waals surface area contributed by atoms with Crippen LogP contribution in [0.5, 0.6) is 0 Å². The number of anilines is 1. The molecule has 15 heteroatoms. The quantitative estimate of drug-likeness (QED) is 0.218. The van der Waals surface area contributed by atoms with Gasteiger partial charge in [0.15, 0.2) is 0 Å². The van der Waals surface area contributed by atoms with Gasteiger partial charge in [-0.05, 0) is 75.8 Å². The van der Waals surface area contributed by atoms with Gasteiger partial charge >= 0.3 is 6.18 Å². The standard InChI is InChI=1S/C35H43F3N8O2S2/c1-22(44-12-14-45(15-13-44)50(47,48)29-5-6-29)20-46-27(19-39)16-30-23(2)25(4-7-32(30)46)21-43-10-8-26(9-11-43)42-33-31-17-28(18-35(36,37)38)49-34(31)41-24(3)40-33/h4,7,16-17,22,26,29H,5-6,8-15,18,20-21H2,1-3H3,(H,40,41,42)/t22-/m0/s1. The number of aromatic nitrogens is 3. The van der Waals surface area contributed by atoms with Crippen molar-refractivity contribution < 1.29 is 21.6 Å². The maximum Gasteiger partial charge on any atom is 0.393 e. The van der Waals surface area contributed by atoms with Gasteiger partial charge in [0.05, 0.1) is 17.1 Å². The highest BCUT2D eigenvalue weighted by atomic mass is 32.2. The summed E-state index contributed by atoms with van der Waals surface area (Å²) in [6.45, 7) is 11.6. The van der Waals surface area contributed by atoms with Gasteiger partial charge in [-0.15, -0.1) is 11.3 Å². The average molecular weight is 729 g/mol. The van der Waals surface area contributed by atoms with E-state index in [2.05, 4.69) is 61.7 Å². The Kier molecular flexibility index (Phi) is 9.61. The van der Waals surface area contributed by atoms with E-state index in [0.717, 1.165) is 73.1 Å². The zero-order chi connectivity index (χ0) is 35.4. The number of sulfonamides is 1. The molecule has 268 valence electrons. The van der Waals surface area contributed by atoms with Crippen LogP contribution < -0.4 is 5.32 Å². The number of halogens is 3. The minimum absolute atomic E-state index is 0.141. The molecule has 1 aliphatic carbocycles. The molecule has 5 heterocycles. The molecule has 2 saturated heterocycles. The number of nitrogens with zero attached hydrogens (tertiary/aromatic N) is 7. The lowest BCUT2D eigenvalue weighted by atomic mass is 10.0. The highest BCUT2D eigenvalue weighted by molar-refractivity contribution is 7.90. The summed E-state index contributed by atoms with van der Waals surface area (Å²) in [5.74, 6) is 1.14. The third kappa shape index (κ3) is 7.36. The van der Waals surface area contributed by atoms with E-state index in [4.69, 9.17) is 0 Å². The number of rotatable bonds is 10. The zero-order valence-corrected chi connectivity index (χ0v) is 30.3. The second-order valence-corrected chi connectivity index (χ2v) is 17.4. The third-order valence-corrected chi connectivity index (χ3v) is 13.9. The van der Waals surface area contributed by atoms with Crippen molar-refractivity contribution in [2.45, 2.75) is 89.5 Å². The maximum absolute atomic E-state index is 13.0. The largest absolute Gasteiger partial charge is 0.393 e. The first-order valence-corrected chi connectivity index (χ1v) is 19.7. The van der Waals surface area contributed by atoms with Gasteiger partial charge in [0.25, 0.3) is 0 Å². The topological polar surface area (TPSA) is 110 Å². The number of aryl methyl sites for hydroxylation is 2. The number of alkyl halides is 3. The van der Waals surface area contributed by atoms with Gasteiger partial charge in [-0.2, -0.15) is 22.7 Å². The molecule has 0 unspecified atom stereocenters. The lowest BCUT2D eigenvalue weighted by Crippen LogP contribution is -2.52. The molecule has 50 heavy (non-hydrogen) atoms. The fourth-order valence-electron chi connectivity index (χ4n) is 7.48. The first-order valence-electron chi connectivity index (χ1n) is 17.4. The van der Waals surface area contributed by atoms with Crippen molar-refractivity contribution in [2.24, 2.45) is 0 Å². The Morgan fingerprint density at radius 3 is 2.40 bits per heavy atom. The SMILES string of the molecule is Cc1nc(NC2CCN(Cc3ccc4c(cc(C#N)n4C[C@H](C)N4CCN(S(=O)(=O)C5CC5)CC4)c3C)CC2)c2cc(CC(F)(F)F)sc2n1. The van der Waals surface area contributed by atoms with Gasteiger partial charge in [0.2, 0.25) is 10.0 Å². The van der Waals surface area contributed by atoms with Crippen molar-refractivity contribution in [1.82, 2.24) is 28.6 Å². The Morgan fingerprint density at radius 1 is 1.02 bits per heavy atom. The van der Waals surface area contributed by atoms with Crippen molar-refractivity contribution >= 4 is 48.3 Å². The van der Waals surface area contributed by atoms with E-state index in [1.54, 1.807) is 17.3 Å². The predicted octanol–water partition coefficient (Wildman–Crippen LogP) is 5.81. The number of hydrogen-bond donors (Lipinski definition) is 1. The molecule has 0 spiro atoms. The summed E-state index contributed by atoms with van der Waals surface area (Å²) < 4.78 is 68.3. The van der Waals surface area contributed by atoms with E-state index < -0.39 is 22.6 Å². The summed E-state index contributed by atoms with van der Waals surface area (Å²) in [6, 6.07) is 10.5. The van der Waals surface area contributed by atoms with Crippen LogP contribution in [0, 0.1) is 25.2 Å². The monoisotopic (exact) mass is 728 g/mol. The molecule has 0 bridgehead atoms. The first kappa shape index (κ1) is 35.1. The molecule has 3 aliphatic rings. The maximum atomic E-state index is 13.0. The molecule has 0 amide bonds. The molecule has 1 atom stereocenters. The van der Waals surface area contributed by atoms with E-state index in [1.807, 2.05) is 6.07 Å². The van der Waals surface area contributed by atoms with Crippen LogP contribution in [-0.4, -0.2) is 99.8 Å². The number of thiophene rings is 1. The number of piperazine rings is 1. The number of piperidine rings is 1. The van der Waals surface area contributed by atoms with Crippen LogP contribution >= 0.6 is 11.3 Å². The normalized spacial score (nSPS) is 19.7. The molecule has 3 aromatic heterocycles. The Hall–Kier alpha value is -3.29. The molecule has 2 aliphatic heterocycles. The Morgan fingerprint density at radius 2 is 1.74 bits per heavy atom.